The summed E-state index contributed by atoms with van der Waals surface area (Å²) in [5.74, 6) is 0. The van der Waals surface area contributed by atoms with E-state index in [1.807, 2.05) is 29.2 Å². The Bertz CT molecular complexity index is 1080. The smallest absolute Gasteiger partial charge is 0.301 e. The molecule has 2 aliphatic rings. The predicted octanol–water partition coefficient (Wildman–Crippen LogP) is 7.04. The molecule has 0 amide bonds. The largest absolute Gasteiger partial charge is 0.402 e. The standard InChI is InChI=1S/C22H18F3NS/c1-20(2)13-7-4-5-10-17(13)26-18-14(20)8-6-9-15(18)21(3,22(23,24)25)16-11-12-27-19(16)26/h4-12H,1-3H3. The van der Waals surface area contributed by atoms with Crippen LogP contribution in [0.15, 0.2) is 53.9 Å². The number of hydrogen-bond donors (Lipinski definition) is 0. The van der Waals surface area contributed by atoms with Gasteiger partial charge < -0.3 is 4.90 Å². The van der Waals surface area contributed by atoms with Crippen LogP contribution in [0.4, 0.5) is 29.5 Å². The first kappa shape index (κ1) is 16.9. The zero-order valence-electron chi connectivity index (χ0n) is 15.2. The van der Waals surface area contributed by atoms with Gasteiger partial charge in [0.2, 0.25) is 0 Å². The lowest BCUT2D eigenvalue weighted by Crippen LogP contribution is -2.46. The van der Waals surface area contributed by atoms with Crippen LogP contribution < -0.4 is 4.90 Å². The van der Waals surface area contributed by atoms with Crippen molar-refractivity contribution < 1.29 is 13.2 Å². The number of para-hydroxylation sites is 2. The number of halogens is 3. The van der Waals surface area contributed by atoms with Crippen molar-refractivity contribution in [1.82, 2.24) is 0 Å². The summed E-state index contributed by atoms with van der Waals surface area (Å²) >= 11 is 1.37. The minimum Gasteiger partial charge on any atom is -0.301 e. The molecule has 0 fully saturated rings. The van der Waals surface area contributed by atoms with Gasteiger partial charge in [0.1, 0.15) is 10.4 Å². The maximum atomic E-state index is 14.4. The van der Waals surface area contributed by atoms with E-state index in [2.05, 4.69) is 19.9 Å². The Balaban J connectivity index is 1.96. The first-order chi connectivity index (χ1) is 12.7. The maximum absolute atomic E-state index is 14.4. The highest BCUT2D eigenvalue weighted by Gasteiger charge is 2.59. The zero-order chi connectivity index (χ0) is 19.2. The van der Waals surface area contributed by atoms with Gasteiger partial charge in [-0.25, -0.2) is 0 Å². The van der Waals surface area contributed by atoms with Gasteiger partial charge in [-0.1, -0.05) is 50.2 Å². The van der Waals surface area contributed by atoms with E-state index in [1.54, 1.807) is 23.6 Å². The summed E-state index contributed by atoms with van der Waals surface area (Å²) in [7, 11) is 0. The minimum absolute atomic E-state index is 0.333. The highest BCUT2D eigenvalue weighted by molar-refractivity contribution is 7.14. The fraction of sp³-hybridized carbons (Fsp3) is 0.273. The summed E-state index contributed by atoms with van der Waals surface area (Å²) in [6.45, 7) is 5.50. The molecular weight excluding hydrogens is 367 g/mol. The van der Waals surface area contributed by atoms with Crippen LogP contribution in [0.25, 0.3) is 0 Å². The molecule has 0 saturated heterocycles. The van der Waals surface area contributed by atoms with Crippen molar-refractivity contribution in [3.05, 3.63) is 76.2 Å². The number of rotatable bonds is 0. The molecule has 0 spiro atoms. The van der Waals surface area contributed by atoms with Gasteiger partial charge in [-0.3, -0.25) is 0 Å². The fourth-order valence-corrected chi connectivity index (χ4v) is 5.70. The van der Waals surface area contributed by atoms with Crippen molar-refractivity contribution in [2.45, 2.75) is 37.8 Å². The third kappa shape index (κ3) is 1.85. The van der Waals surface area contributed by atoms with Gasteiger partial charge in [-0.05, 0) is 41.1 Å². The van der Waals surface area contributed by atoms with E-state index in [0.717, 1.165) is 16.8 Å². The lowest BCUT2D eigenvalue weighted by Gasteiger charge is -2.49. The molecule has 0 radical (unpaired) electrons. The van der Waals surface area contributed by atoms with Gasteiger partial charge in [0, 0.05) is 11.0 Å². The van der Waals surface area contributed by atoms with E-state index in [4.69, 9.17) is 0 Å². The average molecular weight is 385 g/mol. The van der Waals surface area contributed by atoms with Gasteiger partial charge in [-0.2, -0.15) is 13.2 Å². The molecule has 1 atom stereocenters. The average Bonchev–Trinajstić information content (AvgIpc) is 3.10. The Labute approximate surface area is 160 Å². The van der Waals surface area contributed by atoms with Crippen LogP contribution >= 0.6 is 11.3 Å². The molecule has 5 heteroatoms. The molecular formula is C22H18F3NS. The zero-order valence-corrected chi connectivity index (χ0v) is 16.0. The molecule has 0 aliphatic carbocycles. The quantitative estimate of drug-likeness (QED) is 0.401. The SMILES string of the molecule is CC1(C)c2ccccc2N2c3sccc3C(C)(C(F)(F)F)c3cccc1c32. The van der Waals surface area contributed by atoms with Crippen LogP contribution in [0, 0.1) is 0 Å². The normalized spacial score (nSPS) is 22.1. The lowest BCUT2D eigenvalue weighted by molar-refractivity contribution is -0.173. The topological polar surface area (TPSA) is 3.24 Å². The molecule has 0 N–H and O–H groups in total. The highest BCUT2D eigenvalue weighted by atomic mass is 32.1. The van der Waals surface area contributed by atoms with Crippen molar-refractivity contribution in [3.8, 4) is 0 Å². The molecule has 0 bridgehead atoms. The summed E-state index contributed by atoms with van der Waals surface area (Å²) in [6.07, 6.45) is -4.38. The Morgan fingerprint density at radius 2 is 1.48 bits per heavy atom. The second kappa shape index (κ2) is 4.96. The van der Waals surface area contributed by atoms with E-state index in [1.165, 1.54) is 18.3 Å². The molecule has 0 saturated carbocycles. The van der Waals surface area contributed by atoms with Gasteiger partial charge in [0.05, 0.1) is 11.4 Å². The number of benzene rings is 2. The number of fused-ring (bicyclic) bond motifs is 4. The lowest BCUT2D eigenvalue weighted by atomic mass is 9.66. The second-order valence-electron chi connectivity index (χ2n) is 7.94. The van der Waals surface area contributed by atoms with Crippen LogP contribution in [-0.4, -0.2) is 6.18 Å². The van der Waals surface area contributed by atoms with Gasteiger partial charge >= 0.3 is 6.18 Å². The predicted molar refractivity (Wildman–Crippen MR) is 104 cm³/mol. The third-order valence-electron chi connectivity index (χ3n) is 6.24. The second-order valence-corrected chi connectivity index (χ2v) is 8.84. The monoisotopic (exact) mass is 385 g/mol. The molecule has 138 valence electrons. The van der Waals surface area contributed by atoms with E-state index in [0.29, 0.717) is 21.8 Å². The van der Waals surface area contributed by atoms with Crippen LogP contribution in [0.2, 0.25) is 0 Å². The van der Waals surface area contributed by atoms with E-state index in [-0.39, 0.29) is 5.41 Å². The van der Waals surface area contributed by atoms with Gasteiger partial charge in [0.25, 0.3) is 0 Å². The molecule has 2 aromatic carbocycles. The molecule has 5 rings (SSSR count). The van der Waals surface area contributed by atoms with Crippen LogP contribution in [0.1, 0.15) is 43.0 Å². The molecule has 1 nitrogen and oxygen atoms in total. The summed E-state index contributed by atoms with van der Waals surface area (Å²) in [5.41, 5.74) is 2.00. The third-order valence-corrected chi connectivity index (χ3v) is 7.14. The van der Waals surface area contributed by atoms with E-state index in [9.17, 15) is 13.2 Å². The summed E-state index contributed by atoms with van der Waals surface area (Å²) in [5, 5.41) is 2.43. The Kier molecular flexibility index (Phi) is 3.10. The molecule has 3 heterocycles. The summed E-state index contributed by atoms with van der Waals surface area (Å²) in [6, 6.07) is 15.0. The van der Waals surface area contributed by atoms with Gasteiger partial charge in [0.15, 0.2) is 0 Å². The first-order valence-electron chi connectivity index (χ1n) is 8.87. The number of hydrogen-bond acceptors (Lipinski definition) is 2. The van der Waals surface area contributed by atoms with Crippen molar-refractivity contribution in [2.75, 3.05) is 4.90 Å². The van der Waals surface area contributed by atoms with Crippen LogP contribution in [0.5, 0.6) is 0 Å². The van der Waals surface area contributed by atoms with E-state index < -0.39 is 11.6 Å². The molecule has 27 heavy (non-hydrogen) atoms. The van der Waals surface area contributed by atoms with Crippen LogP contribution in [0.3, 0.4) is 0 Å². The fourth-order valence-electron chi connectivity index (χ4n) is 4.67. The van der Waals surface area contributed by atoms with Crippen molar-refractivity contribution in [1.29, 1.82) is 0 Å². The minimum atomic E-state index is -4.38. The molecule has 2 aliphatic heterocycles. The maximum Gasteiger partial charge on any atom is 0.402 e. The van der Waals surface area contributed by atoms with E-state index >= 15 is 0 Å². The number of nitrogens with zero attached hydrogens (tertiary/aromatic N) is 1. The Morgan fingerprint density at radius 3 is 2.22 bits per heavy atom. The molecule has 3 aromatic rings. The van der Waals surface area contributed by atoms with Crippen molar-refractivity contribution in [2.24, 2.45) is 0 Å². The summed E-state index contributed by atoms with van der Waals surface area (Å²) < 4.78 is 43.2. The Morgan fingerprint density at radius 1 is 0.815 bits per heavy atom. The Hall–Kier alpha value is -2.27. The highest BCUT2D eigenvalue weighted by Crippen LogP contribution is 2.64. The molecule has 1 unspecified atom stereocenters. The number of anilines is 3. The van der Waals surface area contributed by atoms with Gasteiger partial charge in [-0.15, -0.1) is 11.3 Å². The van der Waals surface area contributed by atoms with Crippen molar-refractivity contribution in [3.63, 3.8) is 0 Å². The number of thiophene rings is 1. The first-order valence-corrected chi connectivity index (χ1v) is 9.75. The number of alkyl halides is 3. The molecule has 1 aromatic heterocycles. The van der Waals surface area contributed by atoms with Crippen LogP contribution in [-0.2, 0) is 10.8 Å². The summed E-state index contributed by atoms with van der Waals surface area (Å²) in [4.78, 5) is 2.04. The van der Waals surface area contributed by atoms with Crippen molar-refractivity contribution >= 4 is 27.7 Å².